The van der Waals surface area contributed by atoms with Gasteiger partial charge in [0.1, 0.15) is 11.3 Å². The molecule has 2 saturated heterocycles. The van der Waals surface area contributed by atoms with Gasteiger partial charge >= 0.3 is 0 Å². The molecule has 6 heteroatoms. The Morgan fingerprint density at radius 2 is 2.08 bits per heavy atom. The van der Waals surface area contributed by atoms with Crippen LogP contribution in [-0.2, 0) is 19.6 Å². The van der Waals surface area contributed by atoms with E-state index in [-0.39, 0.29) is 24.7 Å². The minimum absolute atomic E-state index is 0.210. The first-order chi connectivity index (χ1) is 5.49. The van der Waals surface area contributed by atoms with Crippen molar-refractivity contribution < 1.29 is 17.9 Å². The zero-order valence-electron chi connectivity index (χ0n) is 6.61. The summed E-state index contributed by atoms with van der Waals surface area (Å²) in [6, 6.07) is 0. The summed E-state index contributed by atoms with van der Waals surface area (Å²) >= 11 is 0. The molecule has 1 spiro atoms. The molecule has 0 radical (unpaired) electrons. The molecular weight excluding hydrogens is 182 g/mol. The molecule has 2 aliphatic heterocycles. The van der Waals surface area contributed by atoms with E-state index in [1.807, 2.05) is 0 Å². The number of carbonyl (C=O) groups is 1. The van der Waals surface area contributed by atoms with Crippen LogP contribution in [0.2, 0.25) is 0 Å². The van der Waals surface area contributed by atoms with Gasteiger partial charge in [0.15, 0.2) is 5.78 Å². The van der Waals surface area contributed by atoms with Gasteiger partial charge in [0, 0.05) is 7.05 Å². The minimum Gasteiger partial charge on any atom is -0.376 e. The van der Waals surface area contributed by atoms with Gasteiger partial charge in [0.2, 0.25) is 10.0 Å². The van der Waals surface area contributed by atoms with Crippen LogP contribution in [0.5, 0.6) is 0 Å². The van der Waals surface area contributed by atoms with E-state index in [9.17, 15) is 13.2 Å². The maximum Gasteiger partial charge on any atom is 0.222 e. The van der Waals surface area contributed by atoms with Crippen LogP contribution in [0, 0.1) is 0 Å². The fourth-order valence-corrected chi connectivity index (χ4v) is 3.01. The molecule has 0 unspecified atom stereocenters. The molecule has 0 aromatic heterocycles. The lowest BCUT2D eigenvalue weighted by Crippen LogP contribution is -2.62. The normalized spacial score (nSPS) is 32.2. The van der Waals surface area contributed by atoms with Crippen molar-refractivity contribution in [3.63, 3.8) is 0 Å². The van der Waals surface area contributed by atoms with Crippen molar-refractivity contribution >= 4 is 15.8 Å². The second-order valence-electron chi connectivity index (χ2n) is 3.17. The van der Waals surface area contributed by atoms with Gasteiger partial charge in [-0.25, -0.2) is 8.42 Å². The number of rotatable bonds is 0. The largest absolute Gasteiger partial charge is 0.376 e. The Kier molecular flexibility index (Phi) is 1.40. The lowest BCUT2D eigenvalue weighted by atomic mass is 9.93. The maximum absolute atomic E-state index is 11.3. The fraction of sp³-hybridized carbons (Fsp3) is 0.833. The summed E-state index contributed by atoms with van der Waals surface area (Å²) in [7, 11) is -1.91. The van der Waals surface area contributed by atoms with E-state index in [1.54, 1.807) is 0 Å². The highest BCUT2D eigenvalue weighted by Crippen LogP contribution is 2.33. The average Bonchev–Trinajstić information content (AvgIpc) is 1.98. The van der Waals surface area contributed by atoms with Crippen LogP contribution < -0.4 is 0 Å². The average molecular weight is 191 g/mol. The number of hydrogen-bond acceptors (Lipinski definition) is 4. The number of hydrogen-bond donors (Lipinski definition) is 0. The third-order valence-corrected chi connectivity index (χ3v) is 4.35. The third-order valence-electron chi connectivity index (χ3n) is 2.53. The van der Waals surface area contributed by atoms with Crippen molar-refractivity contribution in [1.29, 1.82) is 0 Å². The molecule has 0 aliphatic carbocycles. The van der Waals surface area contributed by atoms with E-state index in [2.05, 4.69) is 0 Å². The van der Waals surface area contributed by atoms with E-state index in [1.165, 1.54) is 7.05 Å². The highest BCUT2D eigenvalue weighted by atomic mass is 32.2. The van der Waals surface area contributed by atoms with Gasteiger partial charge in [-0.1, -0.05) is 0 Å². The second kappa shape index (κ2) is 2.07. The van der Waals surface area contributed by atoms with Crippen LogP contribution in [0.15, 0.2) is 0 Å². The zero-order chi connectivity index (χ0) is 8.98. The summed E-state index contributed by atoms with van der Waals surface area (Å²) in [4.78, 5) is 11.3. The molecule has 0 N–H and O–H groups in total. The van der Waals surface area contributed by atoms with Crippen LogP contribution in [0.4, 0.5) is 0 Å². The Morgan fingerprint density at radius 1 is 1.50 bits per heavy atom. The molecule has 12 heavy (non-hydrogen) atoms. The SMILES string of the molecule is CN1C2(COC2)C(=O)CS1(=O)=O. The minimum atomic E-state index is -3.34. The fourth-order valence-electron chi connectivity index (χ4n) is 1.48. The van der Waals surface area contributed by atoms with Crippen LogP contribution in [-0.4, -0.2) is 50.1 Å². The van der Waals surface area contributed by atoms with Crippen molar-refractivity contribution in [3.8, 4) is 0 Å². The van der Waals surface area contributed by atoms with Crippen molar-refractivity contribution in [2.45, 2.75) is 5.54 Å². The zero-order valence-corrected chi connectivity index (χ0v) is 7.43. The molecule has 2 aliphatic rings. The van der Waals surface area contributed by atoms with E-state index >= 15 is 0 Å². The van der Waals surface area contributed by atoms with Gasteiger partial charge in [-0.05, 0) is 0 Å². The first kappa shape index (κ1) is 8.15. The predicted octanol–water partition coefficient (Wildman–Crippen LogP) is -1.40. The molecular formula is C6H9NO4S. The van der Waals surface area contributed by atoms with E-state index in [0.717, 1.165) is 4.31 Å². The van der Waals surface area contributed by atoms with Crippen molar-refractivity contribution in [3.05, 3.63) is 0 Å². The Bertz CT molecular complexity index is 329. The maximum atomic E-state index is 11.3. The lowest BCUT2D eigenvalue weighted by Gasteiger charge is -2.39. The summed E-state index contributed by atoms with van der Waals surface area (Å²) < 4.78 is 28.5. The van der Waals surface area contributed by atoms with Crippen LogP contribution in [0.3, 0.4) is 0 Å². The highest BCUT2D eigenvalue weighted by Gasteiger charge is 2.59. The summed E-state index contributed by atoms with van der Waals surface area (Å²) in [5.74, 6) is -0.608. The lowest BCUT2D eigenvalue weighted by molar-refractivity contribution is -0.149. The van der Waals surface area contributed by atoms with Crippen LogP contribution >= 0.6 is 0 Å². The first-order valence-electron chi connectivity index (χ1n) is 3.57. The quantitative estimate of drug-likeness (QED) is 0.472. The Morgan fingerprint density at radius 3 is 2.25 bits per heavy atom. The number of ether oxygens (including phenoxy) is 1. The summed E-state index contributed by atoms with van der Waals surface area (Å²) in [5, 5.41) is 0. The van der Waals surface area contributed by atoms with Crippen LogP contribution in [0.1, 0.15) is 0 Å². The first-order valence-corrected chi connectivity index (χ1v) is 5.18. The molecule has 0 amide bonds. The molecule has 2 heterocycles. The Hall–Kier alpha value is -0.460. The smallest absolute Gasteiger partial charge is 0.222 e. The molecule has 5 nitrogen and oxygen atoms in total. The van der Waals surface area contributed by atoms with Gasteiger partial charge in [-0.3, -0.25) is 4.79 Å². The number of nitrogens with zero attached hydrogens (tertiary/aromatic N) is 1. The van der Waals surface area contributed by atoms with E-state index in [0.29, 0.717) is 0 Å². The summed E-state index contributed by atoms with van der Waals surface area (Å²) in [5.41, 5.74) is -0.848. The second-order valence-corrected chi connectivity index (χ2v) is 5.17. The Labute approximate surface area is 70.3 Å². The molecule has 68 valence electrons. The van der Waals surface area contributed by atoms with Gasteiger partial charge < -0.3 is 4.74 Å². The number of sulfonamides is 1. The van der Waals surface area contributed by atoms with Crippen LogP contribution in [0.25, 0.3) is 0 Å². The van der Waals surface area contributed by atoms with Gasteiger partial charge in [0.25, 0.3) is 0 Å². The monoisotopic (exact) mass is 191 g/mol. The molecule has 0 atom stereocenters. The van der Waals surface area contributed by atoms with Crippen molar-refractivity contribution in [2.24, 2.45) is 0 Å². The number of Topliss-reactive ketones (excluding diaryl/α,β-unsaturated/α-hetero) is 1. The molecule has 0 bridgehead atoms. The number of carbonyl (C=O) groups excluding carboxylic acids is 1. The summed E-state index contributed by atoms with van der Waals surface area (Å²) in [6.45, 7) is 0.420. The topological polar surface area (TPSA) is 63.7 Å². The molecule has 0 aromatic carbocycles. The highest BCUT2D eigenvalue weighted by molar-refractivity contribution is 7.90. The number of likely N-dealkylation sites (N-methyl/N-ethyl adjacent to an activating group) is 1. The number of ketones is 1. The van der Waals surface area contributed by atoms with Gasteiger partial charge in [-0.15, -0.1) is 0 Å². The third kappa shape index (κ3) is 0.746. The van der Waals surface area contributed by atoms with Gasteiger partial charge in [0.05, 0.1) is 13.2 Å². The molecule has 2 rings (SSSR count). The summed E-state index contributed by atoms with van der Waals surface area (Å²) in [6.07, 6.45) is 0. The van der Waals surface area contributed by atoms with Gasteiger partial charge in [-0.2, -0.15) is 4.31 Å². The molecule has 2 fully saturated rings. The Balaban J connectivity index is 2.45. The standard InChI is InChI=1S/C6H9NO4S/c1-7-6(3-11-4-6)5(8)2-12(7,9)10/h2-4H2,1H3. The molecule has 0 aromatic rings. The van der Waals surface area contributed by atoms with E-state index in [4.69, 9.17) is 4.74 Å². The predicted molar refractivity (Wildman–Crippen MR) is 40.1 cm³/mol. The van der Waals surface area contributed by atoms with E-state index < -0.39 is 15.6 Å². The van der Waals surface area contributed by atoms with Crippen molar-refractivity contribution in [1.82, 2.24) is 4.31 Å². The van der Waals surface area contributed by atoms with Crippen molar-refractivity contribution in [2.75, 3.05) is 26.0 Å². The molecule has 0 saturated carbocycles.